The number of nitrogens with zero attached hydrogens (tertiary/aromatic N) is 2. The number of carbonyl (C=O) groups excluding carboxylic acids is 2. The average molecular weight is 385 g/mol. The van der Waals surface area contributed by atoms with E-state index in [0.717, 1.165) is 10.4 Å². The van der Waals surface area contributed by atoms with Gasteiger partial charge in [-0.15, -0.1) is 11.3 Å². The summed E-state index contributed by atoms with van der Waals surface area (Å²) in [6, 6.07) is 6.97. The molecule has 2 heterocycles. The molecule has 7 nitrogen and oxygen atoms in total. The zero-order valence-corrected chi connectivity index (χ0v) is 16.1. The van der Waals surface area contributed by atoms with Gasteiger partial charge in [0.2, 0.25) is 11.3 Å². The molecule has 0 spiro atoms. The lowest BCUT2D eigenvalue weighted by molar-refractivity contribution is -0.116. The number of esters is 1. The zero-order valence-electron chi connectivity index (χ0n) is 15.2. The fourth-order valence-electron chi connectivity index (χ4n) is 2.75. The van der Waals surface area contributed by atoms with Crippen LogP contribution >= 0.6 is 11.3 Å². The monoisotopic (exact) mass is 385 g/mol. The maximum absolute atomic E-state index is 12.6. The lowest BCUT2D eigenvalue weighted by Gasteiger charge is -2.10. The van der Waals surface area contributed by atoms with Crippen molar-refractivity contribution in [1.29, 1.82) is 0 Å². The molecule has 27 heavy (non-hydrogen) atoms. The Morgan fingerprint density at radius 3 is 2.74 bits per heavy atom. The summed E-state index contributed by atoms with van der Waals surface area (Å²) >= 11 is 1.33. The van der Waals surface area contributed by atoms with E-state index in [-0.39, 0.29) is 24.5 Å². The van der Waals surface area contributed by atoms with Crippen molar-refractivity contribution >= 4 is 39.1 Å². The van der Waals surface area contributed by atoms with Gasteiger partial charge < -0.3 is 10.1 Å². The fraction of sp³-hybridized carbons (Fsp3) is 0.263. The lowest BCUT2D eigenvalue weighted by Crippen LogP contribution is -2.23. The number of ether oxygens (including phenoxy) is 1. The maximum Gasteiger partial charge on any atom is 0.341 e. The molecule has 0 aliphatic rings. The molecule has 0 aliphatic heterocycles. The quantitative estimate of drug-likeness (QED) is 0.682. The summed E-state index contributed by atoms with van der Waals surface area (Å²) in [6.07, 6.45) is 1.19. The van der Waals surface area contributed by atoms with Crippen LogP contribution in [0, 0.1) is 13.8 Å². The SMILES string of the molecule is CCOC(=O)c1c(NC(=O)Cn2ncc(=O)c3ccccc32)sc(C)c1C. The molecule has 0 unspecified atom stereocenters. The third kappa shape index (κ3) is 3.75. The second kappa shape index (κ2) is 7.71. The van der Waals surface area contributed by atoms with Crippen molar-refractivity contribution < 1.29 is 14.3 Å². The molecule has 0 atom stereocenters. The van der Waals surface area contributed by atoms with Crippen LogP contribution in [-0.2, 0) is 16.1 Å². The van der Waals surface area contributed by atoms with Gasteiger partial charge in [0, 0.05) is 10.3 Å². The van der Waals surface area contributed by atoms with Crippen molar-refractivity contribution in [3.05, 3.63) is 56.7 Å². The molecule has 1 N–H and O–H groups in total. The summed E-state index contributed by atoms with van der Waals surface area (Å²) < 4.78 is 6.56. The lowest BCUT2D eigenvalue weighted by atomic mass is 10.1. The summed E-state index contributed by atoms with van der Waals surface area (Å²) in [7, 11) is 0. The Morgan fingerprint density at radius 1 is 1.26 bits per heavy atom. The average Bonchev–Trinajstić information content (AvgIpc) is 2.91. The van der Waals surface area contributed by atoms with Gasteiger partial charge in [-0.3, -0.25) is 14.3 Å². The maximum atomic E-state index is 12.6. The van der Waals surface area contributed by atoms with Crippen LogP contribution in [0.25, 0.3) is 10.9 Å². The van der Waals surface area contributed by atoms with E-state index in [1.807, 2.05) is 13.8 Å². The second-order valence-electron chi connectivity index (χ2n) is 5.94. The van der Waals surface area contributed by atoms with E-state index in [1.165, 1.54) is 22.2 Å². The number of para-hydroxylation sites is 1. The number of carbonyl (C=O) groups is 2. The van der Waals surface area contributed by atoms with Crippen molar-refractivity contribution in [2.45, 2.75) is 27.3 Å². The van der Waals surface area contributed by atoms with Crippen LogP contribution in [0.1, 0.15) is 27.7 Å². The molecule has 2 aromatic heterocycles. The van der Waals surface area contributed by atoms with Gasteiger partial charge in [0.15, 0.2) is 0 Å². The molecule has 0 saturated carbocycles. The number of aryl methyl sites for hydroxylation is 1. The minimum atomic E-state index is -0.457. The van der Waals surface area contributed by atoms with E-state index in [9.17, 15) is 14.4 Å². The fourth-order valence-corrected chi connectivity index (χ4v) is 3.82. The topological polar surface area (TPSA) is 90.3 Å². The molecule has 0 aliphatic carbocycles. The van der Waals surface area contributed by atoms with Gasteiger partial charge in [-0.25, -0.2) is 4.79 Å². The summed E-state index contributed by atoms with van der Waals surface area (Å²) in [6.45, 7) is 5.62. The highest BCUT2D eigenvalue weighted by atomic mass is 32.1. The number of anilines is 1. The van der Waals surface area contributed by atoms with E-state index in [0.29, 0.717) is 21.5 Å². The Kier molecular flexibility index (Phi) is 5.36. The van der Waals surface area contributed by atoms with Crippen molar-refractivity contribution in [2.75, 3.05) is 11.9 Å². The standard InChI is InChI=1S/C19H19N3O4S/c1-4-26-19(25)17-11(2)12(3)27-18(17)21-16(24)10-22-14-8-6-5-7-13(14)15(23)9-20-22/h5-9H,4,10H2,1-3H3,(H,21,24). The molecular weight excluding hydrogens is 366 g/mol. The largest absolute Gasteiger partial charge is 0.462 e. The highest BCUT2D eigenvalue weighted by Gasteiger charge is 2.22. The number of rotatable bonds is 5. The molecular formula is C19H19N3O4S. The van der Waals surface area contributed by atoms with Crippen LogP contribution in [0.4, 0.5) is 5.00 Å². The highest BCUT2D eigenvalue weighted by molar-refractivity contribution is 7.16. The molecule has 1 amide bonds. The van der Waals surface area contributed by atoms with Gasteiger partial charge in [-0.1, -0.05) is 12.1 Å². The van der Waals surface area contributed by atoms with Crippen molar-refractivity contribution in [3.8, 4) is 0 Å². The Balaban J connectivity index is 1.88. The van der Waals surface area contributed by atoms with Crippen molar-refractivity contribution in [3.63, 3.8) is 0 Å². The third-order valence-electron chi connectivity index (χ3n) is 4.17. The van der Waals surface area contributed by atoms with Gasteiger partial charge in [0.05, 0.1) is 23.9 Å². The van der Waals surface area contributed by atoms with E-state index in [2.05, 4.69) is 10.4 Å². The van der Waals surface area contributed by atoms with Gasteiger partial charge in [0.25, 0.3) is 0 Å². The third-order valence-corrected chi connectivity index (χ3v) is 5.30. The number of hydrogen-bond acceptors (Lipinski definition) is 6. The summed E-state index contributed by atoms with van der Waals surface area (Å²) in [4.78, 5) is 37.6. The minimum absolute atomic E-state index is 0.0843. The zero-order chi connectivity index (χ0) is 19.6. The van der Waals surface area contributed by atoms with Crippen LogP contribution in [0.15, 0.2) is 35.3 Å². The molecule has 0 bridgehead atoms. The van der Waals surface area contributed by atoms with E-state index < -0.39 is 5.97 Å². The van der Waals surface area contributed by atoms with Crippen LogP contribution < -0.4 is 10.7 Å². The molecule has 140 valence electrons. The highest BCUT2D eigenvalue weighted by Crippen LogP contribution is 2.33. The Labute approximate surface area is 159 Å². The molecule has 3 rings (SSSR count). The molecule has 3 aromatic rings. The van der Waals surface area contributed by atoms with Gasteiger partial charge in [-0.2, -0.15) is 5.10 Å². The number of benzene rings is 1. The number of nitrogens with one attached hydrogen (secondary N) is 1. The molecule has 8 heteroatoms. The first kappa shape index (κ1) is 18.8. The summed E-state index contributed by atoms with van der Waals surface area (Å²) in [5, 5.41) is 7.78. The first-order valence-electron chi connectivity index (χ1n) is 8.44. The van der Waals surface area contributed by atoms with Crippen LogP contribution in [0.3, 0.4) is 0 Å². The minimum Gasteiger partial charge on any atom is -0.462 e. The van der Waals surface area contributed by atoms with Gasteiger partial charge >= 0.3 is 5.97 Å². The van der Waals surface area contributed by atoms with Crippen LogP contribution in [0.2, 0.25) is 0 Å². The molecule has 0 radical (unpaired) electrons. The van der Waals surface area contributed by atoms with Crippen molar-refractivity contribution in [1.82, 2.24) is 9.78 Å². The number of amides is 1. The Morgan fingerprint density at radius 2 is 2.00 bits per heavy atom. The van der Waals surface area contributed by atoms with Crippen molar-refractivity contribution in [2.24, 2.45) is 0 Å². The van der Waals surface area contributed by atoms with Crippen LogP contribution in [-0.4, -0.2) is 28.3 Å². The first-order valence-corrected chi connectivity index (χ1v) is 9.25. The predicted octanol–water partition coefficient (Wildman–Crippen LogP) is 2.89. The Bertz CT molecular complexity index is 1080. The van der Waals surface area contributed by atoms with Crippen LogP contribution in [0.5, 0.6) is 0 Å². The second-order valence-corrected chi connectivity index (χ2v) is 7.16. The summed E-state index contributed by atoms with van der Waals surface area (Å²) in [5.41, 5.74) is 1.55. The first-order chi connectivity index (χ1) is 12.9. The number of thiophene rings is 1. The van der Waals surface area contributed by atoms with E-state index in [1.54, 1.807) is 31.2 Å². The van der Waals surface area contributed by atoms with E-state index >= 15 is 0 Å². The number of aromatic nitrogens is 2. The smallest absolute Gasteiger partial charge is 0.341 e. The number of fused-ring (bicyclic) bond motifs is 1. The van der Waals surface area contributed by atoms with Gasteiger partial charge in [0.1, 0.15) is 11.5 Å². The predicted molar refractivity (Wildman–Crippen MR) is 104 cm³/mol. The number of hydrogen-bond donors (Lipinski definition) is 1. The molecule has 0 fully saturated rings. The Hall–Kier alpha value is -3.00. The van der Waals surface area contributed by atoms with Gasteiger partial charge in [-0.05, 0) is 38.5 Å². The molecule has 0 saturated heterocycles. The normalized spacial score (nSPS) is 10.8. The van der Waals surface area contributed by atoms with E-state index in [4.69, 9.17) is 4.74 Å². The molecule has 1 aromatic carbocycles. The summed E-state index contributed by atoms with van der Waals surface area (Å²) in [5.74, 6) is -0.801.